The highest BCUT2D eigenvalue weighted by Crippen LogP contribution is 2.25. The van der Waals surface area contributed by atoms with Gasteiger partial charge in [0.2, 0.25) is 0 Å². The fourth-order valence-corrected chi connectivity index (χ4v) is 0.985. The molecule has 1 saturated heterocycles. The van der Waals surface area contributed by atoms with Crippen molar-refractivity contribution in [1.29, 1.82) is 0 Å². The Morgan fingerprint density at radius 2 is 2.45 bits per heavy atom. The first kappa shape index (κ1) is 8.09. The van der Waals surface area contributed by atoms with Crippen molar-refractivity contribution in [3.63, 3.8) is 0 Å². The summed E-state index contributed by atoms with van der Waals surface area (Å²) in [4.78, 5) is 10.3. The van der Waals surface area contributed by atoms with Crippen LogP contribution in [-0.2, 0) is 4.79 Å². The van der Waals surface area contributed by atoms with Crippen LogP contribution < -0.4 is 5.32 Å². The lowest BCUT2D eigenvalue weighted by atomic mass is 10.0. The van der Waals surface area contributed by atoms with E-state index in [2.05, 4.69) is 17.2 Å². The van der Waals surface area contributed by atoms with Gasteiger partial charge in [0.05, 0.1) is 12.0 Å². The lowest BCUT2D eigenvalue weighted by Crippen LogP contribution is -2.19. The van der Waals surface area contributed by atoms with Crippen molar-refractivity contribution in [3.8, 4) is 11.8 Å². The summed E-state index contributed by atoms with van der Waals surface area (Å²) in [5.41, 5.74) is -0.200. The van der Waals surface area contributed by atoms with Gasteiger partial charge in [-0.15, -0.1) is 11.8 Å². The summed E-state index contributed by atoms with van der Waals surface area (Å²) in [5.74, 6) is 4.88. The third-order valence-corrected chi connectivity index (χ3v) is 1.77. The Morgan fingerprint density at radius 3 is 2.82 bits per heavy atom. The van der Waals surface area contributed by atoms with E-state index in [0.717, 1.165) is 6.54 Å². The van der Waals surface area contributed by atoms with Gasteiger partial charge in [0.1, 0.15) is 0 Å². The van der Waals surface area contributed by atoms with Crippen LogP contribution in [0.5, 0.6) is 0 Å². The second-order valence-electron chi connectivity index (χ2n) is 2.81. The van der Waals surface area contributed by atoms with Crippen molar-refractivity contribution >= 4 is 5.97 Å². The second kappa shape index (κ2) is 2.93. The van der Waals surface area contributed by atoms with Gasteiger partial charge in [0, 0.05) is 13.0 Å². The summed E-state index contributed by atoms with van der Waals surface area (Å²) < 4.78 is 0. The van der Waals surface area contributed by atoms with Crippen LogP contribution in [0.1, 0.15) is 19.8 Å². The van der Waals surface area contributed by atoms with E-state index in [-0.39, 0.29) is 12.0 Å². The maximum Gasteiger partial charge on any atom is 0.305 e. The highest BCUT2D eigenvalue weighted by molar-refractivity contribution is 5.69. The number of hydrogen-bond donors (Lipinski definition) is 2. The van der Waals surface area contributed by atoms with Gasteiger partial charge >= 0.3 is 5.97 Å². The molecule has 0 aliphatic carbocycles. The molecule has 0 saturated carbocycles. The summed E-state index contributed by atoms with van der Waals surface area (Å²) in [7, 11) is 0. The summed E-state index contributed by atoms with van der Waals surface area (Å²) in [5, 5.41) is 11.5. The second-order valence-corrected chi connectivity index (χ2v) is 2.81. The zero-order valence-corrected chi connectivity index (χ0v) is 6.48. The molecule has 3 heteroatoms. The number of aliphatic carboxylic acids is 1. The highest BCUT2D eigenvalue weighted by Gasteiger charge is 2.43. The first-order chi connectivity index (χ1) is 5.18. The number of hydrogen-bond acceptors (Lipinski definition) is 2. The van der Waals surface area contributed by atoms with Crippen LogP contribution in [0.2, 0.25) is 0 Å². The van der Waals surface area contributed by atoms with Crippen molar-refractivity contribution < 1.29 is 9.90 Å². The molecule has 0 aromatic rings. The van der Waals surface area contributed by atoms with Crippen LogP contribution in [0.3, 0.4) is 0 Å². The average Bonchev–Trinajstić information content (AvgIpc) is 2.64. The molecule has 1 rings (SSSR count). The predicted molar refractivity (Wildman–Crippen MR) is 41.1 cm³/mol. The lowest BCUT2D eigenvalue weighted by molar-refractivity contribution is -0.137. The van der Waals surface area contributed by atoms with Crippen LogP contribution in [0.25, 0.3) is 0 Å². The van der Waals surface area contributed by atoms with E-state index in [4.69, 9.17) is 5.11 Å². The molecule has 1 aliphatic rings. The normalized spacial score (nSPS) is 27.0. The van der Waals surface area contributed by atoms with E-state index in [1.54, 1.807) is 6.92 Å². The van der Waals surface area contributed by atoms with E-state index >= 15 is 0 Å². The molecule has 1 unspecified atom stereocenters. The first-order valence-corrected chi connectivity index (χ1v) is 3.55. The van der Waals surface area contributed by atoms with Gasteiger partial charge in [0.25, 0.3) is 0 Å². The molecule has 1 fully saturated rings. The van der Waals surface area contributed by atoms with E-state index in [1.807, 2.05) is 0 Å². The molecule has 1 aliphatic heterocycles. The molecule has 2 N–H and O–H groups in total. The fraction of sp³-hybridized carbons (Fsp3) is 0.625. The molecule has 0 aromatic heterocycles. The van der Waals surface area contributed by atoms with Crippen LogP contribution in [0.4, 0.5) is 0 Å². The van der Waals surface area contributed by atoms with Gasteiger partial charge in [0.15, 0.2) is 0 Å². The number of nitrogens with one attached hydrogen (secondary N) is 1. The van der Waals surface area contributed by atoms with Crippen LogP contribution in [0.15, 0.2) is 0 Å². The SMILES string of the molecule is CC#CCC1(CC(=O)O)CN1. The van der Waals surface area contributed by atoms with E-state index in [9.17, 15) is 4.79 Å². The van der Waals surface area contributed by atoms with Crippen molar-refractivity contribution in [2.75, 3.05) is 6.54 Å². The molecule has 0 aromatic carbocycles. The molecule has 0 radical (unpaired) electrons. The van der Waals surface area contributed by atoms with Crippen molar-refractivity contribution in [2.45, 2.75) is 25.3 Å². The fourth-order valence-electron chi connectivity index (χ4n) is 0.985. The van der Waals surface area contributed by atoms with Crippen molar-refractivity contribution in [1.82, 2.24) is 5.32 Å². The quantitative estimate of drug-likeness (QED) is 0.450. The van der Waals surface area contributed by atoms with Crippen molar-refractivity contribution in [2.24, 2.45) is 0 Å². The molecule has 60 valence electrons. The molecule has 3 nitrogen and oxygen atoms in total. The molecule has 1 heterocycles. The Labute approximate surface area is 65.8 Å². The Morgan fingerprint density at radius 1 is 1.82 bits per heavy atom. The summed E-state index contributed by atoms with van der Waals surface area (Å²) in [6.07, 6.45) is 0.831. The molecule has 1 atom stereocenters. The van der Waals surface area contributed by atoms with Crippen LogP contribution in [0, 0.1) is 11.8 Å². The van der Waals surface area contributed by atoms with Gasteiger partial charge in [-0.2, -0.15) is 0 Å². The van der Waals surface area contributed by atoms with Crippen LogP contribution in [-0.4, -0.2) is 23.2 Å². The third kappa shape index (κ3) is 2.24. The largest absolute Gasteiger partial charge is 0.481 e. The summed E-state index contributed by atoms with van der Waals surface area (Å²) in [6.45, 7) is 2.55. The first-order valence-electron chi connectivity index (χ1n) is 3.55. The van der Waals surface area contributed by atoms with Gasteiger partial charge in [-0.05, 0) is 6.92 Å². The molecular formula is C8H11NO2. The Balaban J connectivity index is 2.39. The smallest absolute Gasteiger partial charge is 0.305 e. The van der Waals surface area contributed by atoms with Gasteiger partial charge in [-0.25, -0.2) is 0 Å². The minimum atomic E-state index is -0.757. The number of carbonyl (C=O) groups is 1. The molecule has 0 spiro atoms. The monoisotopic (exact) mass is 153 g/mol. The predicted octanol–water partition coefficient (Wildman–Crippen LogP) is 0.217. The van der Waals surface area contributed by atoms with Gasteiger partial charge in [-0.1, -0.05) is 0 Å². The molecule has 0 bridgehead atoms. The molecule has 11 heavy (non-hydrogen) atoms. The summed E-state index contributed by atoms with van der Waals surface area (Å²) in [6, 6.07) is 0. The summed E-state index contributed by atoms with van der Waals surface area (Å²) >= 11 is 0. The van der Waals surface area contributed by atoms with E-state index in [0.29, 0.717) is 6.42 Å². The number of carboxylic acid groups (broad SMARTS) is 1. The average molecular weight is 153 g/mol. The standard InChI is InChI=1S/C8H11NO2/c1-2-3-4-8(6-9-8)5-7(10)11/h9H,4-6H2,1H3,(H,10,11). The van der Waals surface area contributed by atoms with Crippen LogP contribution >= 0.6 is 0 Å². The Bertz CT molecular complexity index is 220. The van der Waals surface area contributed by atoms with E-state index in [1.165, 1.54) is 0 Å². The van der Waals surface area contributed by atoms with E-state index < -0.39 is 5.97 Å². The highest BCUT2D eigenvalue weighted by atomic mass is 16.4. The zero-order valence-electron chi connectivity index (χ0n) is 6.48. The van der Waals surface area contributed by atoms with Gasteiger partial charge < -0.3 is 10.4 Å². The Kier molecular flexibility index (Phi) is 2.16. The Hall–Kier alpha value is -1.01. The molecular weight excluding hydrogens is 142 g/mol. The topological polar surface area (TPSA) is 59.2 Å². The zero-order chi connectivity index (χ0) is 8.32. The van der Waals surface area contributed by atoms with Crippen molar-refractivity contribution in [3.05, 3.63) is 0 Å². The van der Waals surface area contributed by atoms with Gasteiger partial charge in [-0.3, -0.25) is 4.79 Å². The minimum Gasteiger partial charge on any atom is -0.481 e. The third-order valence-electron chi connectivity index (χ3n) is 1.77. The number of rotatable bonds is 3. The molecule has 0 amide bonds. The maximum atomic E-state index is 10.3. The lowest BCUT2D eigenvalue weighted by Gasteiger charge is -2.04. The minimum absolute atomic E-state index is 0.182. The maximum absolute atomic E-state index is 10.3. The number of carboxylic acids is 1.